The van der Waals surface area contributed by atoms with Crippen molar-refractivity contribution in [3.63, 3.8) is 0 Å². The number of hydrogen-bond acceptors (Lipinski definition) is 7. The quantitative estimate of drug-likeness (QED) is 0.243. The molecule has 0 unspecified atom stereocenters. The highest BCUT2D eigenvalue weighted by atomic mass is 32.2. The predicted octanol–water partition coefficient (Wildman–Crippen LogP) is 3.06. The van der Waals surface area contributed by atoms with Crippen molar-refractivity contribution >= 4 is 44.7 Å². The van der Waals surface area contributed by atoms with Crippen molar-refractivity contribution in [3.05, 3.63) is 82.4 Å². The van der Waals surface area contributed by atoms with Gasteiger partial charge in [-0.15, -0.1) is 0 Å². The SMILES string of the molecule is CCC(=O)NCc1ccc(Nc2cc(S(=O)(=O)O)c(N)c3c2C(=O)c2ccccc2C3=O)cc1. The number of hydrogen-bond donors (Lipinski definition) is 4. The molecule has 1 aliphatic rings. The fraction of sp³-hybridized carbons (Fsp3) is 0.125. The molecule has 0 spiro atoms. The predicted molar refractivity (Wildman–Crippen MR) is 126 cm³/mol. The Bertz CT molecular complexity index is 1450. The van der Waals surface area contributed by atoms with E-state index in [0.29, 0.717) is 18.7 Å². The van der Waals surface area contributed by atoms with Crippen LogP contribution in [-0.2, 0) is 21.5 Å². The number of carbonyl (C=O) groups is 3. The molecule has 174 valence electrons. The van der Waals surface area contributed by atoms with Crippen LogP contribution >= 0.6 is 0 Å². The van der Waals surface area contributed by atoms with Crippen LogP contribution in [0.4, 0.5) is 17.1 Å². The molecule has 0 radical (unpaired) electrons. The number of nitrogens with two attached hydrogens (primary N) is 1. The lowest BCUT2D eigenvalue weighted by Gasteiger charge is -2.23. The Balaban J connectivity index is 1.80. The lowest BCUT2D eigenvalue weighted by molar-refractivity contribution is -0.120. The molecule has 0 fully saturated rings. The van der Waals surface area contributed by atoms with Crippen molar-refractivity contribution < 1.29 is 27.4 Å². The van der Waals surface area contributed by atoms with Crippen LogP contribution in [-0.4, -0.2) is 30.4 Å². The van der Waals surface area contributed by atoms with E-state index in [1.807, 2.05) is 0 Å². The number of nitrogen functional groups attached to an aromatic ring is 1. The summed E-state index contributed by atoms with van der Waals surface area (Å²) in [5.41, 5.74) is 6.73. The summed E-state index contributed by atoms with van der Waals surface area (Å²) in [6.45, 7) is 2.09. The second kappa shape index (κ2) is 8.73. The first-order valence-electron chi connectivity index (χ1n) is 10.4. The Morgan fingerprint density at radius 3 is 2.12 bits per heavy atom. The van der Waals surface area contributed by atoms with E-state index in [-0.39, 0.29) is 33.8 Å². The number of benzene rings is 3. The van der Waals surface area contributed by atoms with Gasteiger partial charge in [0.2, 0.25) is 5.91 Å². The van der Waals surface area contributed by atoms with E-state index in [1.165, 1.54) is 12.1 Å². The first-order chi connectivity index (χ1) is 16.1. The first-order valence-corrected chi connectivity index (χ1v) is 11.8. The van der Waals surface area contributed by atoms with E-state index in [0.717, 1.165) is 11.6 Å². The second-order valence-corrected chi connectivity index (χ2v) is 9.11. The Hall–Kier alpha value is -4.02. The molecule has 0 aromatic heterocycles. The van der Waals surface area contributed by atoms with E-state index in [4.69, 9.17) is 5.73 Å². The Morgan fingerprint density at radius 2 is 1.56 bits per heavy atom. The fourth-order valence-corrected chi connectivity index (χ4v) is 4.44. The van der Waals surface area contributed by atoms with E-state index >= 15 is 0 Å². The molecule has 3 aromatic carbocycles. The van der Waals surface area contributed by atoms with Gasteiger partial charge >= 0.3 is 0 Å². The lowest BCUT2D eigenvalue weighted by atomic mass is 9.82. The average Bonchev–Trinajstić information content (AvgIpc) is 2.81. The molecule has 9 nitrogen and oxygen atoms in total. The van der Waals surface area contributed by atoms with Gasteiger partial charge in [-0.25, -0.2) is 0 Å². The topological polar surface area (TPSA) is 156 Å². The molecule has 0 atom stereocenters. The van der Waals surface area contributed by atoms with Crippen LogP contribution in [0.2, 0.25) is 0 Å². The normalized spacial score (nSPS) is 12.6. The van der Waals surface area contributed by atoms with Crippen molar-refractivity contribution in [1.82, 2.24) is 5.32 Å². The largest absolute Gasteiger partial charge is 0.397 e. The summed E-state index contributed by atoms with van der Waals surface area (Å²) < 4.78 is 33.7. The monoisotopic (exact) mass is 479 g/mol. The van der Waals surface area contributed by atoms with Crippen LogP contribution in [0.15, 0.2) is 59.5 Å². The summed E-state index contributed by atoms with van der Waals surface area (Å²) in [4.78, 5) is 37.3. The minimum absolute atomic E-state index is 0.0108. The summed E-state index contributed by atoms with van der Waals surface area (Å²) in [6.07, 6.45) is 0.369. The van der Waals surface area contributed by atoms with Crippen LogP contribution in [0.3, 0.4) is 0 Å². The number of amides is 1. The Kier molecular flexibility index (Phi) is 5.94. The molecule has 5 N–H and O–H groups in total. The lowest BCUT2D eigenvalue weighted by Crippen LogP contribution is -2.25. The molecule has 0 saturated heterocycles. The molecule has 0 bridgehead atoms. The molecule has 1 aliphatic carbocycles. The molecular formula is C24H21N3O6S. The van der Waals surface area contributed by atoms with Crippen LogP contribution in [0.1, 0.15) is 50.8 Å². The summed E-state index contributed by atoms with van der Waals surface area (Å²) in [6, 6.07) is 14.0. The molecule has 4 rings (SSSR count). The number of nitrogens with one attached hydrogen (secondary N) is 2. The highest BCUT2D eigenvalue weighted by molar-refractivity contribution is 7.86. The van der Waals surface area contributed by atoms with Gasteiger partial charge in [-0.05, 0) is 23.8 Å². The van der Waals surface area contributed by atoms with Crippen molar-refractivity contribution in [1.29, 1.82) is 0 Å². The maximum absolute atomic E-state index is 13.3. The molecule has 0 saturated carbocycles. The third-order valence-corrected chi connectivity index (χ3v) is 6.42. The summed E-state index contributed by atoms with van der Waals surface area (Å²) in [7, 11) is -4.79. The third-order valence-electron chi connectivity index (χ3n) is 5.52. The maximum Gasteiger partial charge on any atom is 0.296 e. The van der Waals surface area contributed by atoms with Crippen LogP contribution in [0.5, 0.6) is 0 Å². The van der Waals surface area contributed by atoms with Crippen molar-refractivity contribution in [2.45, 2.75) is 24.8 Å². The van der Waals surface area contributed by atoms with Gasteiger partial charge in [-0.2, -0.15) is 8.42 Å². The smallest absolute Gasteiger partial charge is 0.296 e. The zero-order chi connectivity index (χ0) is 24.6. The molecular weight excluding hydrogens is 458 g/mol. The van der Waals surface area contributed by atoms with E-state index in [1.54, 1.807) is 43.3 Å². The van der Waals surface area contributed by atoms with Crippen LogP contribution < -0.4 is 16.4 Å². The number of rotatable bonds is 6. The zero-order valence-corrected chi connectivity index (χ0v) is 18.9. The number of carbonyl (C=O) groups excluding carboxylic acids is 3. The summed E-state index contributed by atoms with van der Waals surface area (Å²) >= 11 is 0. The molecule has 34 heavy (non-hydrogen) atoms. The number of anilines is 3. The van der Waals surface area contributed by atoms with Crippen LogP contribution in [0, 0.1) is 0 Å². The van der Waals surface area contributed by atoms with Gasteiger partial charge in [-0.1, -0.05) is 43.3 Å². The highest BCUT2D eigenvalue weighted by Crippen LogP contribution is 2.40. The molecule has 1 amide bonds. The van der Waals surface area contributed by atoms with E-state index in [9.17, 15) is 27.4 Å². The van der Waals surface area contributed by atoms with Crippen molar-refractivity contribution in [2.75, 3.05) is 11.1 Å². The van der Waals surface area contributed by atoms with Gasteiger partial charge in [0.05, 0.1) is 22.5 Å². The maximum atomic E-state index is 13.3. The zero-order valence-electron chi connectivity index (χ0n) is 18.1. The number of fused-ring (bicyclic) bond motifs is 2. The minimum atomic E-state index is -4.79. The van der Waals surface area contributed by atoms with Gasteiger partial charge in [0.25, 0.3) is 10.1 Å². The molecule has 0 aliphatic heterocycles. The van der Waals surface area contributed by atoms with Gasteiger partial charge in [0.15, 0.2) is 11.6 Å². The van der Waals surface area contributed by atoms with E-state index < -0.39 is 32.3 Å². The van der Waals surface area contributed by atoms with Gasteiger partial charge in [0.1, 0.15) is 4.90 Å². The summed E-state index contributed by atoms with van der Waals surface area (Å²) in [5, 5.41) is 5.72. The van der Waals surface area contributed by atoms with E-state index in [2.05, 4.69) is 10.6 Å². The molecule has 0 heterocycles. The molecule has 10 heteroatoms. The second-order valence-electron chi connectivity index (χ2n) is 7.72. The third kappa shape index (κ3) is 4.16. The highest BCUT2D eigenvalue weighted by Gasteiger charge is 2.36. The minimum Gasteiger partial charge on any atom is -0.397 e. The fourth-order valence-electron chi connectivity index (χ4n) is 3.79. The Morgan fingerprint density at radius 1 is 0.971 bits per heavy atom. The first kappa shape index (κ1) is 23.1. The van der Waals surface area contributed by atoms with Crippen molar-refractivity contribution in [2.24, 2.45) is 0 Å². The summed E-state index contributed by atoms with van der Waals surface area (Å²) in [5.74, 6) is -1.20. The van der Waals surface area contributed by atoms with Gasteiger partial charge < -0.3 is 16.4 Å². The van der Waals surface area contributed by atoms with Gasteiger partial charge in [-0.3, -0.25) is 18.9 Å². The van der Waals surface area contributed by atoms with Crippen LogP contribution in [0.25, 0.3) is 0 Å². The van der Waals surface area contributed by atoms with Crippen molar-refractivity contribution in [3.8, 4) is 0 Å². The standard InChI is InChI=1S/C24H21N3O6S/c1-2-19(28)26-12-13-7-9-14(10-8-13)27-17-11-18(34(31,32)33)22(25)21-20(17)23(29)15-5-3-4-6-16(15)24(21)30/h3-11,27H,2,12,25H2,1H3,(H,26,28)(H,31,32,33). The number of ketones is 2. The average molecular weight is 480 g/mol. The Labute approximate surface area is 195 Å². The van der Waals surface area contributed by atoms with Gasteiger partial charge in [0, 0.05) is 29.8 Å². The molecule has 3 aromatic rings.